The van der Waals surface area contributed by atoms with Crippen molar-refractivity contribution in [2.75, 3.05) is 44.1 Å². The molecule has 8 nitrogen and oxygen atoms in total. The van der Waals surface area contributed by atoms with Gasteiger partial charge in [0.15, 0.2) is 17.2 Å². The monoisotopic (exact) mass is 447 g/mol. The summed E-state index contributed by atoms with van der Waals surface area (Å²) in [5.74, 6) is 2.01. The number of hydrogen-bond acceptors (Lipinski definition) is 5. The highest BCUT2D eigenvalue weighted by Gasteiger charge is 2.31. The van der Waals surface area contributed by atoms with E-state index in [2.05, 4.69) is 5.32 Å². The van der Waals surface area contributed by atoms with Crippen LogP contribution in [0.15, 0.2) is 72.8 Å². The minimum Gasteiger partial charge on any atom is -0.493 e. The molecule has 3 aromatic rings. The number of rotatable bonds is 8. The van der Waals surface area contributed by atoms with E-state index in [1.54, 1.807) is 49.5 Å². The van der Waals surface area contributed by atoms with Crippen LogP contribution >= 0.6 is 0 Å². The second-order valence-electron chi connectivity index (χ2n) is 7.35. The van der Waals surface area contributed by atoms with E-state index in [4.69, 9.17) is 14.2 Å². The molecule has 0 atom stereocenters. The Morgan fingerprint density at radius 1 is 0.879 bits per heavy atom. The van der Waals surface area contributed by atoms with E-state index in [1.807, 2.05) is 42.5 Å². The van der Waals surface area contributed by atoms with Crippen molar-refractivity contribution in [1.29, 1.82) is 0 Å². The SMILES string of the molecule is COc1ccc(N2CCN(CC(=O)Nc3ccccc3Oc3ccccc3)C2=O)cc1OC. The molecular weight excluding hydrogens is 422 g/mol. The molecule has 1 heterocycles. The lowest BCUT2D eigenvalue weighted by atomic mass is 10.2. The van der Waals surface area contributed by atoms with Gasteiger partial charge in [0, 0.05) is 24.8 Å². The molecule has 1 saturated heterocycles. The number of methoxy groups -OCH3 is 2. The van der Waals surface area contributed by atoms with Gasteiger partial charge in [-0.1, -0.05) is 30.3 Å². The predicted octanol–water partition coefficient (Wildman–Crippen LogP) is 4.38. The Kier molecular flexibility index (Phi) is 6.64. The molecule has 1 aliphatic rings. The topological polar surface area (TPSA) is 80.3 Å². The quantitative estimate of drug-likeness (QED) is 0.554. The minimum absolute atomic E-state index is 0.0672. The third-order valence-electron chi connectivity index (χ3n) is 5.24. The Morgan fingerprint density at radius 3 is 2.36 bits per heavy atom. The van der Waals surface area contributed by atoms with Crippen LogP contribution in [0.25, 0.3) is 0 Å². The summed E-state index contributed by atoms with van der Waals surface area (Å²) in [7, 11) is 3.10. The van der Waals surface area contributed by atoms with Crippen LogP contribution in [0.5, 0.6) is 23.0 Å². The number of nitrogens with zero attached hydrogens (tertiary/aromatic N) is 2. The number of urea groups is 1. The normalized spacial score (nSPS) is 13.1. The van der Waals surface area contributed by atoms with E-state index in [-0.39, 0.29) is 18.5 Å². The molecule has 170 valence electrons. The van der Waals surface area contributed by atoms with Gasteiger partial charge in [0.25, 0.3) is 0 Å². The second-order valence-corrected chi connectivity index (χ2v) is 7.35. The first-order chi connectivity index (χ1) is 16.1. The summed E-state index contributed by atoms with van der Waals surface area (Å²) in [6, 6.07) is 21.6. The van der Waals surface area contributed by atoms with Gasteiger partial charge in [-0.2, -0.15) is 0 Å². The van der Waals surface area contributed by atoms with E-state index < -0.39 is 0 Å². The molecule has 0 spiro atoms. The van der Waals surface area contributed by atoms with E-state index in [0.717, 1.165) is 0 Å². The van der Waals surface area contributed by atoms with Gasteiger partial charge in [0.2, 0.25) is 5.91 Å². The van der Waals surface area contributed by atoms with E-state index in [9.17, 15) is 9.59 Å². The van der Waals surface area contributed by atoms with Gasteiger partial charge in [0.1, 0.15) is 12.3 Å². The summed E-state index contributed by atoms with van der Waals surface area (Å²) in [5, 5.41) is 2.85. The highest BCUT2D eigenvalue weighted by molar-refractivity contribution is 6.00. The summed E-state index contributed by atoms with van der Waals surface area (Å²) in [6.45, 7) is 0.834. The van der Waals surface area contributed by atoms with Crippen LogP contribution in [0.4, 0.5) is 16.2 Å². The number of nitrogens with one attached hydrogen (secondary N) is 1. The van der Waals surface area contributed by atoms with Crippen molar-refractivity contribution < 1.29 is 23.8 Å². The number of benzene rings is 3. The molecule has 0 bridgehead atoms. The zero-order valence-electron chi connectivity index (χ0n) is 18.5. The zero-order valence-corrected chi connectivity index (χ0v) is 18.5. The maximum atomic E-state index is 12.9. The Balaban J connectivity index is 1.41. The van der Waals surface area contributed by atoms with Crippen LogP contribution in [0, 0.1) is 0 Å². The van der Waals surface area contributed by atoms with Crippen LogP contribution in [-0.2, 0) is 4.79 Å². The van der Waals surface area contributed by atoms with Gasteiger partial charge in [-0.15, -0.1) is 0 Å². The van der Waals surface area contributed by atoms with Gasteiger partial charge in [-0.25, -0.2) is 4.79 Å². The number of amides is 3. The Morgan fingerprint density at radius 2 is 1.61 bits per heavy atom. The van der Waals surface area contributed by atoms with Crippen LogP contribution in [0.2, 0.25) is 0 Å². The molecule has 0 aliphatic carbocycles. The van der Waals surface area contributed by atoms with Crippen molar-refractivity contribution in [3.8, 4) is 23.0 Å². The fourth-order valence-corrected chi connectivity index (χ4v) is 3.60. The molecule has 0 saturated carbocycles. The summed E-state index contributed by atoms with van der Waals surface area (Å²) < 4.78 is 16.5. The molecule has 33 heavy (non-hydrogen) atoms. The average molecular weight is 447 g/mol. The van der Waals surface area contributed by atoms with Crippen molar-refractivity contribution >= 4 is 23.3 Å². The van der Waals surface area contributed by atoms with Crippen LogP contribution in [0.1, 0.15) is 0 Å². The number of hydrogen-bond donors (Lipinski definition) is 1. The largest absolute Gasteiger partial charge is 0.493 e. The predicted molar refractivity (Wildman–Crippen MR) is 125 cm³/mol. The highest BCUT2D eigenvalue weighted by Crippen LogP contribution is 2.33. The van der Waals surface area contributed by atoms with Gasteiger partial charge in [0.05, 0.1) is 19.9 Å². The van der Waals surface area contributed by atoms with Gasteiger partial charge in [-0.3, -0.25) is 9.69 Å². The number of para-hydroxylation sites is 3. The van der Waals surface area contributed by atoms with Crippen LogP contribution in [0.3, 0.4) is 0 Å². The lowest BCUT2D eigenvalue weighted by molar-refractivity contribution is -0.116. The first-order valence-electron chi connectivity index (χ1n) is 10.5. The maximum absolute atomic E-state index is 12.9. The zero-order chi connectivity index (χ0) is 23.2. The van der Waals surface area contributed by atoms with Crippen molar-refractivity contribution in [2.24, 2.45) is 0 Å². The number of ether oxygens (including phenoxy) is 3. The molecule has 3 amide bonds. The fraction of sp³-hybridized carbons (Fsp3) is 0.200. The molecule has 3 aromatic carbocycles. The van der Waals surface area contributed by atoms with Gasteiger partial charge >= 0.3 is 6.03 Å². The molecule has 0 radical (unpaired) electrons. The lowest BCUT2D eigenvalue weighted by Crippen LogP contribution is -2.37. The maximum Gasteiger partial charge on any atom is 0.325 e. The Hall–Kier alpha value is -4.20. The smallest absolute Gasteiger partial charge is 0.325 e. The standard InChI is InChI=1S/C25H25N3O5/c1-31-22-13-12-18(16-23(22)32-2)28-15-14-27(25(28)30)17-24(29)26-20-10-6-7-11-21(20)33-19-8-4-3-5-9-19/h3-13,16H,14-15,17H2,1-2H3,(H,26,29). The molecule has 4 rings (SSSR count). The summed E-state index contributed by atoms with van der Waals surface area (Å²) in [5.41, 5.74) is 1.22. The Labute approximate surface area is 192 Å². The Bertz CT molecular complexity index is 1140. The summed E-state index contributed by atoms with van der Waals surface area (Å²) >= 11 is 0. The average Bonchev–Trinajstić information content (AvgIpc) is 3.20. The van der Waals surface area contributed by atoms with Crippen molar-refractivity contribution in [1.82, 2.24) is 4.90 Å². The summed E-state index contributed by atoms with van der Waals surface area (Å²) in [6.07, 6.45) is 0. The van der Waals surface area contributed by atoms with Crippen LogP contribution in [-0.4, -0.2) is 50.7 Å². The molecule has 1 fully saturated rings. The van der Waals surface area contributed by atoms with Gasteiger partial charge in [-0.05, 0) is 36.4 Å². The third kappa shape index (κ3) is 5.01. The first kappa shape index (κ1) is 22.0. The van der Waals surface area contributed by atoms with E-state index >= 15 is 0 Å². The molecule has 1 N–H and O–H groups in total. The minimum atomic E-state index is -0.304. The molecule has 8 heteroatoms. The summed E-state index contributed by atoms with van der Waals surface area (Å²) in [4.78, 5) is 28.8. The number of anilines is 2. The number of carbonyl (C=O) groups excluding carboxylic acids is 2. The first-order valence-corrected chi connectivity index (χ1v) is 10.5. The molecular formula is C25H25N3O5. The van der Waals surface area contributed by atoms with E-state index in [0.29, 0.717) is 47.5 Å². The van der Waals surface area contributed by atoms with E-state index in [1.165, 1.54) is 4.90 Å². The van der Waals surface area contributed by atoms with Crippen molar-refractivity contribution in [2.45, 2.75) is 0 Å². The molecule has 1 aliphatic heterocycles. The van der Waals surface area contributed by atoms with Crippen molar-refractivity contribution in [3.05, 3.63) is 72.8 Å². The van der Waals surface area contributed by atoms with Gasteiger partial charge < -0.3 is 24.4 Å². The second kappa shape index (κ2) is 9.95. The highest BCUT2D eigenvalue weighted by atomic mass is 16.5. The third-order valence-corrected chi connectivity index (χ3v) is 5.24. The lowest BCUT2D eigenvalue weighted by Gasteiger charge is -2.20. The molecule has 0 unspecified atom stereocenters. The fourth-order valence-electron chi connectivity index (χ4n) is 3.60. The van der Waals surface area contributed by atoms with Crippen LogP contribution < -0.4 is 24.4 Å². The number of carbonyl (C=O) groups is 2. The molecule has 0 aromatic heterocycles. The van der Waals surface area contributed by atoms with Crippen molar-refractivity contribution in [3.63, 3.8) is 0 Å².